The van der Waals surface area contributed by atoms with E-state index < -0.39 is 6.04 Å². The lowest BCUT2D eigenvalue weighted by molar-refractivity contribution is -0.142. The van der Waals surface area contributed by atoms with Crippen LogP contribution in [-0.4, -0.2) is 35.9 Å². The summed E-state index contributed by atoms with van der Waals surface area (Å²) in [6.45, 7) is 4.55. The molecular weight excluding hydrogens is 483 g/mol. The van der Waals surface area contributed by atoms with Crippen LogP contribution in [0.1, 0.15) is 25.0 Å². The Morgan fingerprint density at radius 2 is 1.54 bits per heavy atom. The number of halogens is 2. The third-order valence-corrected chi connectivity index (χ3v) is 5.97. The van der Waals surface area contributed by atoms with Crippen molar-refractivity contribution in [3.05, 3.63) is 100 Å². The van der Waals surface area contributed by atoms with Gasteiger partial charge in [-0.05, 0) is 41.3 Å². The van der Waals surface area contributed by atoms with Gasteiger partial charge in [0.25, 0.3) is 5.91 Å². The summed E-state index contributed by atoms with van der Waals surface area (Å²) in [6, 6.07) is 23.2. The van der Waals surface area contributed by atoms with E-state index in [2.05, 4.69) is 5.32 Å². The van der Waals surface area contributed by atoms with Crippen LogP contribution in [0.4, 0.5) is 0 Å². The Labute approximate surface area is 217 Å². The van der Waals surface area contributed by atoms with E-state index in [9.17, 15) is 9.59 Å². The van der Waals surface area contributed by atoms with Gasteiger partial charge in [0.05, 0.1) is 5.02 Å². The number of carbonyl (C=O) groups excluding carboxylic acids is 2. The maximum atomic E-state index is 13.5. The molecule has 0 heterocycles. The molecule has 7 heteroatoms. The molecule has 0 aliphatic rings. The Kier molecular flexibility index (Phi) is 10.0. The minimum Gasteiger partial charge on any atom is -0.482 e. The number of hydrogen-bond acceptors (Lipinski definition) is 3. The van der Waals surface area contributed by atoms with Gasteiger partial charge < -0.3 is 15.0 Å². The minimum atomic E-state index is -0.728. The molecule has 3 rings (SSSR count). The molecule has 3 aromatic carbocycles. The maximum absolute atomic E-state index is 13.5. The molecule has 1 unspecified atom stereocenters. The molecule has 0 saturated heterocycles. The average molecular weight is 513 g/mol. The topological polar surface area (TPSA) is 58.6 Å². The zero-order chi connectivity index (χ0) is 25.2. The van der Waals surface area contributed by atoms with Gasteiger partial charge in [-0.2, -0.15) is 0 Å². The fraction of sp³-hybridized carbons (Fsp3) is 0.286. The van der Waals surface area contributed by atoms with Gasteiger partial charge in [0.15, 0.2) is 6.61 Å². The molecule has 0 aliphatic heterocycles. The summed E-state index contributed by atoms with van der Waals surface area (Å²) < 4.78 is 5.74. The number of rotatable bonds is 11. The molecule has 0 saturated carbocycles. The Hall–Kier alpha value is -3.02. The molecule has 184 valence electrons. The highest BCUT2D eigenvalue weighted by atomic mass is 35.5. The molecule has 0 aliphatic carbocycles. The second-order valence-corrected chi connectivity index (χ2v) is 9.56. The highest BCUT2D eigenvalue weighted by Gasteiger charge is 2.30. The second-order valence-electron chi connectivity index (χ2n) is 8.71. The van der Waals surface area contributed by atoms with Crippen LogP contribution in [0.15, 0.2) is 78.9 Å². The van der Waals surface area contributed by atoms with Crippen molar-refractivity contribution in [2.75, 3.05) is 13.2 Å². The smallest absolute Gasteiger partial charge is 0.261 e. The normalized spacial score (nSPS) is 11.7. The zero-order valence-electron chi connectivity index (χ0n) is 19.9. The van der Waals surface area contributed by atoms with Crippen molar-refractivity contribution in [2.45, 2.75) is 32.9 Å². The van der Waals surface area contributed by atoms with Crippen LogP contribution < -0.4 is 10.1 Å². The van der Waals surface area contributed by atoms with Crippen LogP contribution in [0.2, 0.25) is 10.0 Å². The maximum Gasteiger partial charge on any atom is 0.261 e. The summed E-state index contributed by atoms with van der Waals surface area (Å²) in [7, 11) is 0. The number of hydrogen-bond donors (Lipinski definition) is 1. The van der Waals surface area contributed by atoms with Crippen LogP contribution in [0, 0.1) is 5.92 Å². The molecule has 0 aromatic heterocycles. The molecule has 35 heavy (non-hydrogen) atoms. The van der Waals surface area contributed by atoms with Gasteiger partial charge in [-0.25, -0.2) is 0 Å². The molecule has 0 fully saturated rings. The zero-order valence-corrected chi connectivity index (χ0v) is 21.4. The Bertz CT molecular complexity index is 1100. The predicted octanol–water partition coefficient (Wildman–Crippen LogP) is 5.78. The monoisotopic (exact) mass is 512 g/mol. The summed E-state index contributed by atoms with van der Waals surface area (Å²) >= 11 is 12.3. The molecule has 3 aromatic rings. The second kappa shape index (κ2) is 13.2. The van der Waals surface area contributed by atoms with Gasteiger partial charge in [-0.1, -0.05) is 91.6 Å². The Morgan fingerprint density at radius 3 is 2.20 bits per heavy atom. The summed E-state index contributed by atoms with van der Waals surface area (Å²) in [6.07, 6.45) is 0.371. The summed E-state index contributed by atoms with van der Waals surface area (Å²) in [5.74, 6) is 0.168. The number of carbonyl (C=O) groups is 2. The molecule has 0 radical (unpaired) electrons. The molecule has 0 bridgehead atoms. The third-order valence-electron chi connectivity index (χ3n) is 5.41. The average Bonchev–Trinajstić information content (AvgIpc) is 2.85. The van der Waals surface area contributed by atoms with E-state index in [1.165, 1.54) is 0 Å². The van der Waals surface area contributed by atoms with Crippen molar-refractivity contribution >= 4 is 35.0 Å². The first kappa shape index (κ1) is 26.6. The van der Waals surface area contributed by atoms with Crippen molar-refractivity contribution < 1.29 is 14.3 Å². The molecule has 0 spiro atoms. The quantitative estimate of drug-likeness (QED) is 0.354. The van der Waals surface area contributed by atoms with Gasteiger partial charge in [-0.15, -0.1) is 0 Å². The SMILES string of the molecule is CC(C)CNC(=O)C(Cc1ccccc1)N(Cc1ccc(Cl)cc1)C(=O)COc1ccccc1Cl. The summed E-state index contributed by atoms with van der Waals surface area (Å²) in [4.78, 5) is 28.5. The van der Waals surface area contributed by atoms with Crippen LogP contribution in [0.5, 0.6) is 5.75 Å². The van der Waals surface area contributed by atoms with E-state index >= 15 is 0 Å². The van der Waals surface area contributed by atoms with Crippen molar-refractivity contribution in [3.8, 4) is 5.75 Å². The van der Waals surface area contributed by atoms with E-state index in [1.54, 1.807) is 41.3 Å². The van der Waals surface area contributed by atoms with Crippen molar-refractivity contribution in [1.82, 2.24) is 10.2 Å². The first-order valence-corrected chi connectivity index (χ1v) is 12.3. The number of amides is 2. The molecule has 2 amide bonds. The number of benzene rings is 3. The van der Waals surface area contributed by atoms with Gasteiger partial charge in [-0.3, -0.25) is 9.59 Å². The van der Waals surface area contributed by atoms with Gasteiger partial charge in [0, 0.05) is 24.5 Å². The first-order chi connectivity index (χ1) is 16.8. The van der Waals surface area contributed by atoms with Crippen LogP contribution >= 0.6 is 23.2 Å². The largest absolute Gasteiger partial charge is 0.482 e. The molecule has 5 nitrogen and oxygen atoms in total. The number of para-hydroxylation sites is 1. The van der Waals surface area contributed by atoms with Crippen molar-refractivity contribution in [1.29, 1.82) is 0 Å². The van der Waals surface area contributed by atoms with E-state index in [0.717, 1.165) is 11.1 Å². The number of nitrogens with one attached hydrogen (secondary N) is 1. The highest BCUT2D eigenvalue weighted by molar-refractivity contribution is 6.32. The first-order valence-electron chi connectivity index (χ1n) is 11.6. The standard InChI is InChI=1S/C28H30Cl2N2O3/c1-20(2)17-31-28(34)25(16-21-8-4-3-5-9-21)32(18-22-12-14-23(29)15-13-22)27(33)19-35-26-11-7-6-10-24(26)30/h3-15,20,25H,16-19H2,1-2H3,(H,31,34). The van der Waals surface area contributed by atoms with Gasteiger partial charge in [0.2, 0.25) is 5.91 Å². The summed E-state index contributed by atoms with van der Waals surface area (Å²) in [5.41, 5.74) is 1.81. The summed E-state index contributed by atoms with van der Waals surface area (Å²) in [5, 5.41) is 4.02. The number of ether oxygens (including phenoxy) is 1. The van der Waals surface area contributed by atoms with E-state index in [1.807, 2.05) is 56.3 Å². The fourth-order valence-corrected chi connectivity index (χ4v) is 3.86. The molecule has 1 atom stereocenters. The molecular formula is C28H30Cl2N2O3. The van der Waals surface area contributed by atoms with Gasteiger partial charge in [0.1, 0.15) is 11.8 Å². The Balaban J connectivity index is 1.90. The lowest BCUT2D eigenvalue weighted by Crippen LogP contribution is -2.52. The lowest BCUT2D eigenvalue weighted by atomic mass is 10.0. The predicted molar refractivity (Wildman–Crippen MR) is 141 cm³/mol. The highest BCUT2D eigenvalue weighted by Crippen LogP contribution is 2.23. The Morgan fingerprint density at radius 1 is 0.886 bits per heavy atom. The van der Waals surface area contributed by atoms with E-state index in [4.69, 9.17) is 27.9 Å². The van der Waals surface area contributed by atoms with Crippen molar-refractivity contribution in [3.63, 3.8) is 0 Å². The van der Waals surface area contributed by atoms with E-state index in [0.29, 0.717) is 28.8 Å². The fourth-order valence-electron chi connectivity index (χ4n) is 3.55. The third kappa shape index (κ3) is 8.30. The van der Waals surface area contributed by atoms with E-state index in [-0.39, 0.29) is 30.9 Å². The minimum absolute atomic E-state index is 0.206. The number of nitrogens with zero attached hydrogens (tertiary/aromatic N) is 1. The van der Waals surface area contributed by atoms with Crippen LogP contribution in [-0.2, 0) is 22.6 Å². The lowest BCUT2D eigenvalue weighted by Gasteiger charge is -2.31. The van der Waals surface area contributed by atoms with Crippen molar-refractivity contribution in [2.24, 2.45) is 5.92 Å². The van der Waals surface area contributed by atoms with Crippen LogP contribution in [0.3, 0.4) is 0 Å². The van der Waals surface area contributed by atoms with Crippen LogP contribution in [0.25, 0.3) is 0 Å². The van der Waals surface area contributed by atoms with Gasteiger partial charge >= 0.3 is 0 Å². The molecule has 1 N–H and O–H groups in total.